The third-order valence-corrected chi connectivity index (χ3v) is 4.92. The van der Waals surface area contributed by atoms with Gasteiger partial charge in [-0.25, -0.2) is 0 Å². The number of rotatable bonds is 5. The molecule has 2 aromatic rings. The fourth-order valence-corrected chi connectivity index (χ4v) is 3.34. The van der Waals surface area contributed by atoms with Crippen LogP contribution in [-0.4, -0.2) is 58.5 Å². The van der Waals surface area contributed by atoms with E-state index in [-0.39, 0.29) is 5.91 Å². The lowest BCUT2D eigenvalue weighted by atomic mass is 10.1. The molecule has 0 aliphatic carbocycles. The summed E-state index contributed by atoms with van der Waals surface area (Å²) in [6.45, 7) is 7.21. The Hall–Kier alpha value is -2.80. The van der Waals surface area contributed by atoms with Crippen molar-refractivity contribution < 1.29 is 14.3 Å². The largest absolute Gasteiger partial charge is 0.454 e. The molecule has 3 heterocycles. The Labute approximate surface area is 158 Å². The van der Waals surface area contributed by atoms with Crippen molar-refractivity contribution in [2.24, 2.45) is 0 Å². The zero-order chi connectivity index (χ0) is 18.6. The van der Waals surface area contributed by atoms with Gasteiger partial charge < -0.3 is 14.4 Å². The molecule has 0 atom stereocenters. The number of benzene rings is 1. The van der Waals surface area contributed by atoms with Crippen molar-refractivity contribution in [1.82, 2.24) is 19.6 Å². The topological polar surface area (TPSA) is 59.8 Å². The second-order valence-electron chi connectivity index (χ2n) is 6.75. The Morgan fingerprint density at radius 2 is 2.00 bits per heavy atom. The molecule has 1 amide bonds. The second kappa shape index (κ2) is 7.84. The Kier molecular flexibility index (Phi) is 5.11. The zero-order valence-electron chi connectivity index (χ0n) is 15.5. The van der Waals surface area contributed by atoms with Gasteiger partial charge in [-0.05, 0) is 30.7 Å². The molecule has 1 aromatic heterocycles. The van der Waals surface area contributed by atoms with Crippen molar-refractivity contribution >= 4 is 12.0 Å². The standard InChI is InChI=1S/C20H24N4O3/c1-2-24-14-17(12-21-24)4-6-20(25)23-9-7-22(8-10-23)13-16-3-5-18-19(11-16)27-15-26-18/h3-6,11-12,14H,2,7-10,13,15H2,1H3/b6-4+. The molecule has 0 saturated carbocycles. The first-order chi connectivity index (χ1) is 13.2. The number of aromatic nitrogens is 2. The number of fused-ring (bicyclic) bond motifs is 1. The monoisotopic (exact) mass is 368 g/mol. The molecule has 7 heteroatoms. The van der Waals surface area contributed by atoms with Gasteiger partial charge in [0.2, 0.25) is 12.7 Å². The van der Waals surface area contributed by atoms with E-state index in [1.54, 1.807) is 12.3 Å². The van der Waals surface area contributed by atoms with E-state index in [1.807, 2.05) is 40.9 Å². The fraction of sp³-hybridized carbons (Fsp3) is 0.400. The van der Waals surface area contributed by atoms with Crippen molar-refractivity contribution in [1.29, 1.82) is 0 Å². The molecule has 4 rings (SSSR count). The van der Waals surface area contributed by atoms with E-state index in [9.17, 15) is 4.79 Å². The van der Waals surface area contributed by atoms with Crippen molar-refractivity contribution in [2.75, 3.05) is 33.0 Å². The second-order valence-corrected chi connectivity index (χ2v) is 6.75. The average Bonchev–Trinajstić information content (AvgIpc) is 3.35. The summed E-state index contributed by atoms with van der Waals surface area (Å²) in [5, 5.41) is 4.21. The molecule has 1 aromatic carbocycles. The first kappa shape index (κ1) is 17.6. The van der Waals surface area contributed by atoms with Crippen LogP contribution in [0.15, 0.2) is 36.7 Å². The molecule has 2 aliphatic heterocycles. The molecule has 1 saturated heterocycles. The van der Waals surface area contributed by atoms with Crippen LogP contribution in [0.2, 0.25) is 0 Å². The van der Waals surface area contributed by atoms with Gasteiger partial charge in [-0.2, -0.15) is 5.10 Å². The number of aryl methyl sites for hydroxylation is 1. The number of nitrogens with zero attached hydrogens (tertiary/aromatic N) is 4. The average molecular weight is 368 g/mol. The SMILES string of the molecule is CCn1cc(/C=C/C(=O)N2CCN(Cc3ccc4c(c3)OCO4)CC2)cn1. The van der Waals surface area contributed by atoms with Crippen molar-refractivity contribution in [2.45, 2.75) is 20.0 Å². The van der Waals surface area contributed by atoms with E-state index in [0.29, 0.717) is 6.79 Å². The Morgan fingerprint density at radius 3 is 2.78 bits per heavy atom. The normalized spacial score (nSPS) is 17.0. The predicted octanol–water partition coefficient (Wildman–Crippen LogP) is 1.99. The van der Waals surface area contributed by atoms with Crippen LogP contribution >= 0.6 is 0 Å². The Balaban J connectivity index is 1.27. The van der Waals surface area contributed by atoms with Crippen molar-refractivity contribution in [3.8, 4) is 11.5 Å². The number of carbonyl (C=O) groups is 1. The van der Waals surface area contributed by atoms with Gasteiger partial charge in [0.25, 0.3) is 0 Å². The third-order valence-electron chi connectivity index (χ3n) is 4.92. The molecule has 0 bridgehead atoms. The fourth-order valence-electron chi connectivity index (χ4n) is 3.34. The van der Waals surface area contributed by atoms with Crippen LogP contribution in [0.3, 0.4) is 0 Å². The summed E-state index contributed by atoms with van der Waals surface area (Å²) >= 11 is 0. The quantitative estimate of drug-likeness (QED) is 0.756. The predicted molar refractivity (Wildman–Crippen MR) is 101 cm³/mol. The van der Waals surface area contributed by atoms with Crippen LogP contribution in [0.5, 0.6) is 11.5 Å². The molecule has 142 valence electrons. The van der Waals surface area contributed by atoms with Crippen LogP contribution in [0.1, 0.15) is 18.1 Å². The summed E-state index contributed by atoms with van der Waals surface area (Å²) < 4.78 is 12.6. The number of piperazine rings is 1. The minimum Gasteiger partial charge on any atom is -0.454 e. The number of hydrogen-bond acceptors (Lipinski definition) is 5. The molecule has 0 spiro atoms. The highest BCUT2D eigenvalue weighted by molar-refractivity contribution is 5.91. The maximum Gasteiger partial charge on any atom is 0.246 e. The van der Waals surface area contributed by atoms with E-state index in [1.165, 1.54) is 5.56 Å². The van der Waals surface area contributed by atoms with E-state index < -0.39 is 0 Å². The van der Waals surface area contributed by atoms with Crippen LogP contribution < -0.4 is 9.47 Å². The molecule has 27 heavy (non-hydrogen) atoms. The molecule has 0 unspecified atom stereocenters. The van der Waals surface area contributed by atoms with E-state index in [4.69, 9.17) is 9.47 Å². The summed E-state index contributed by atoms with van der Waals surface area (Å²) in [4.78, 5) is 16.7. The minimum atomic E-state index is 0.0574. The number of carbonyl (C=O) groups excluding carboxylic acids is 1. The summed E-state index contributed by atoms with van der Waals surface area (Å²) in [5.74, 6) is 1.69. The van der Waals surface area contributed by atoms with Crippen LogP contribution in [-0.2, 0) is 17.9 Å². The van der Waals surface area contributed by atoms with E-state index >= 15 is 0 Å². The molecule has 2 aliphatic rings. The lowest BCUT2D eigenvalue weighted by molar-refractivity contribution is -0.127. The molecule has 7 nitrogen and oxygen atoms in total. The highest BCUT2D eigenvalue weighted by atomic mass is 16.7. The Bertz CT molecular complexity index is 838. The van der Waals surface area contributed by atoms with E-state index in [0.717, 1.165) is 56.3 Å². The lowest BCUT2D eigenvalue weighted by Gasteiger charge is -2.34. The number of ether oxygens (including phenoxy) is 2. The third kappa shape index (κ3) is 4.14. The minimum absolute atomic E-state index is 0.0574. The zero-order valence-corrected chi connectivity index (χ0v) is 15.5. The van der Waals surface area contributed by atoms with Gasteiger partial charge in [-0.1, -0.05) is 6.07 Å². The lowest BCUT2D eigenvalue weighted by Crippen LogP contribution is -2.47. The van der Waals surface area contributed by atoms with Gasteiger partial charge in [-0.15, -0.1) is 0 Å². The Morgan fingerprint density at radius 1 is 1.19 bits per heavy atom. The van der Waals surface area contributed by atoms with Gasteiger partial charge in [0.15, 0.2) is 11.5 Å². The summed E-state index contributed by atoms with van der Waals surface area (Å²) in [6, 6.07) is 6.08. The van der Waals surface area contributed by atoms with Gasteiger partial charge in [0.1, 0.15) is 0 Å². The maximum atomic E-state index is 12.4. The first-order valence-electron chi connectivity index (χ1n) is 9.31. The summed E-state index contributed by atoms with van der Waals surface area (Å²) in [6.07, 6.45) is 7.19. The van der Waals surface area contributed by atoms with Gasteiger partial charge >= 0.3 is 0 Å². The molecule has 0 radical (unpaired) electrons. The smallest absolute Gasteiger partial charge is 0.246 e. The van der Waals surface area contributed by atoms with E-state index in [2.05, 4.69) is 16.1 Å². The number of hydrogen-bond donors (Lipinski definition) is 0. The molecular weight excluding hydrogens is 344 g/mol. The van der Waals surface area contributed by atoms with Crippen LogP contribution in [0.25, 0.3) is 6.08 Å². The van der Waals surface area contributed by atoms with Crippen LogP contribution in [0.4, 0.5) is 0 Å². The first-order valence-corrected chi connectivity index (χ1v) is 9.31. The van der Waals surface area contributed by atoms with Gasteiger partial charge in [0, 0.05) is 57.1 Å². The highest BCUT2D eigenvalue weighted by Gasteiger charge is 2.20. The van der Waals surface area contributed by atoms with Gasteiger partial charge in [-0.3, -0.25) is 14.4 Å². The molecule has 0 N–H and O–H groups in total. The maximum absolute atomic E-state index is 12.4. The number of amides is 1. The summed E-state index contributed by atoms with van der Waals surface area (Å²) in [5.41, 5.74) is 2.15. The highest BCUT2D eigenvalue weighted by Crippen LogP contribution is 2.32. The van der Waals surface area contributed by atoms with Crippen LogP contribution in [0, 0.1) is 0 Å². The van der Waals surface area contributed by atoms with Crippen molar-refractivity contribution in [3.05, 3.63) is 47.8 Å². The summed E-state index contributed by atoms with van der Waals surface area (Å²) in [7, 11) is 0. The van der Waals surface area contributed by atoms with Crippen molar-refractivity contribution in [3.63, 3.8) is 0 Å². The van der Waals surface area contributed by atoms with Gasteiger partial charge in [0.05, 0.1) is 6.20 Å². The molecular formula is C20H24N4O3. The molecule has 1 fully saturated rings.